The molecule has 0 aromatic heterocycles. The minimum absolute atomic E-state index is 0.00505. The Kier molecular flexibility index (Phi) is 8.26. The lowest BCUT2D eigenvalue weighted by Gasteiger charge is -2.31. The number of alkyl halides is 5. The van der Waals surface area contributed by atoms with Gasteiger partial charge in [0.2, 0.25) is 5.91 Å². The Morgan fingerprint density at radius 2 is 1.68 bits per heavy atom. The van der Waals surface area contributed by atoms with Crippen molar-refractivity contribution in [3.63, 3.8) is 0 Å². The highest BCUT2D eigenvalue weighted by atomic mass is 35.5. The van der Waals surface area contributed by atoms with Crippen LogP contribution >= 0.6 is 23.2 Å². The summed E-state index contributed by atoms with van der Waals surface area (Å²) in [6, 6.07) is 5.19. The van der Waals surface area contributed by atoms with Crippen molar-refractivity contribution in [3.05, 3.63) is 57.3 Å². The highest BCUT2D eigenvalue weighted by Crippen LogP contribution is 2.39. The molecular weight excluding hydrogens is 507 g/mol. The maximum Gasteiger partial charge on any atom is 0.416 e. The summed E-state index contributed by atoms with van der Waals surface area (Å²) in [4.78, 5) is 14.1. The number of rotatable bonds is 7. The standard InChI is InChI=1S/C22H21Cl2F6N3O/c23-16-11-14(22(28,29)30)12-17(24)20(16)32-15-1-2-18(25)13(9-15)10-19(34)31-5-8-33-6-3-21(26,27)4-7-33/h1-2,9,11-12,32H,3-8,10H2,(H,31,34). The Labute approximate surface area is 202 Å². The van der Waals surface area contributed by atoms with Crippen LogP contribution in [0.25, 0.3) is 0 Å². The van der Waals surface area contributed by atoms with Gasteiger partial charge in [-0.2, -0.15) is 13.2 Å². The Hall–Kier alpha value is -2.17. The van der Waals surface area contributed by atoms with Gasteiger partial charge in [0.25, 0.3) is 5.92 Å². The zero-order valence-corrected chi connectivity index (χ0v) is 19.2. The van der Waals surface area contributed by atoms with Gasteiger partial charge in [-0.25, -0.2) is 13.2 Å². The molecule has 1 fully saturated rings. The number of hydrogen-bond donors (Lipinski definition) is 2. The average Bonchev–Trinajstić information content (AvgIpc) is 2.73. The van der Waals surface area contributed by atoms with E-state index in [0.717, 1.165) is 18.2 Å². The number of halogens is 8. The predicted octanol–water partition coefficient (Wildman–Crippen LogP) is 6.28. The van der Waals surface area contributed by atoms with Gasteiger partial charge in [0.05, 0.1) is 27.7 Å². The zero-order valence-electron chi connectivity index (χ0n) is 17.7. The van der Waals surface area contributed by atoms with Crippen molar-refractivity contribution in [2.75, 3.05) is 31.5 Å². The highest BCUT2D eigenvalue weighted by molar-refractivity contribution is 6.39. The highest BCUT2D eigenvalue weighted by Gasteiger charge is 2.34. The van der Waals surface area contributed by atoms with Crippen molar-refractivity contribution in [1.82, 2.24) is 10.2 Å². The molecule has 0 atom stereocenters. The number of carbonyl (C=O) groups is 1. The fourth-order valence-corrected chi connectivity index (χ4v) is 4.06. The van der Waals surface area contributed by atoms with E-state index in [1.807, 2.05) is 4.90 Å². The second-order valence-corrected chi connectivity index (χ2v) is 8.78. The van der Waals surface area contributed by atoms with E-state index < -0.39 is 29.4 Å². The molecule has 1 amide bonds. The van der Waals surface area contributed by atoms with Crippen LogP contribution in [0.15, 0.2) is 30.3 Å². The van der Waals surface area contributed by atoms with Crippen LogP contribution in [0.4, 0.5) is 37.7 Å². The summed E-state index contributed by atoms with van der Waals surface area (Å²) in [6.07, 6.45) is -5.37. The third kappa shape index (κ3) is 7.16. The minimum Gasteiger partial charge on any atom is -0.355 e. The summed E-state index contributed by atoms with van der Waals surface area (Å²) in [7, 11) is 0. The van der Waals surface area contributed by atoms with E-state index in [9.17, 15) is 31.1 Å². The largest absolute Gasteiger partial charge is 0.416 e. The number of piperidine rings is 1. The molecule has 1 aliphatic rings. The molecule has 1 aliphatic heterocycles. The van der Waals surface area contributed by atoms with Crippen molar-refractivity contribution in [1.29, 1.82) is 0 Å². The van der Waals surface area contributed by atoms with Crippen LogP contribution in [0.5, 0.6) is 0 Å². The predicted molar refractivity (Wildman–Crippen MR) is 118 cm³/mol. The second-order valence-electron chi connectivity index (χ2n) is 7.97. The van der Waals surface area contributed by atoms with Gasteiger partial charge in [-0.1, -0.05) is 23.2 Å². The van der Waals surface area contributed by atoms with Gasteiger partial charge in [-0.15, -0.1) is 0 Å². The normalized spacial score (nSPS) is 16.4. The molecule has 186 valence electrons. The van der Waals surface area contributed by atoms with E-state index in [-0.39, 0.29) is 65.9 Å². The molecule has 0 saturated carbocycles. The Bertz CT molecular complexity index is 1010. The van der Waals surface area contributed by atoms with Gasteiger partial charge in [0.15, 0.2) is 0 Å². The molecule has 2 N–H and O–H groups in total. The van der Waals surface area contributed by atoms with Crippen LogP contribution in [-0.2, 0) is 17.4 Å². The van der Waals surface area contributed by atoms with E-state index in [0.29, 0.717) is 6.54 Å². The van der Waals surface area contributed by atoms with Gasteiger partial charge >= 0.3 is 6.18 Å². The molecule has 3 rings (SSSR count). The number of nitrogens with one attached hydrogen (secondary N) is 2. The van der Waals surface area contributed by atoms with Crippen LogP contribution in [0.3, 0.4) is 0 Å². The van der Waals surface area contributed by atoms with Gasteiger partial charge < -0.3 is 15.5 Å². The van der Waals surface area contributed by atoms with Crippen molar-refractivity contribution >= 4 is 40.5 Å². The monoisotopic (exact) mass is 527 g/mol. The van der Waals surface area contributed by atoms with Gasteiger partial charge in [0, 0.05) is 44.7 Å². The second kappa shape index (κ2) is 10.6. The molecule has 2 aromatic carbocycles. The number of nitrogens with zero attached hydrogens (tertiary/aromatic N) is 1. The van der Waals surface area contributed by atoms with E-state index in [1.165, 1.54) is 12.1 Å². The van der Waals surface area contributed by atoms with Crippen molar-refractivity contribution in [2.24, 2.45) is 0 Å². The first-order chi connectivity index (χ1) is 15.8. The van der Waals surface area contributed by atoms with Crippen molar-refractivity contribution in [2.45, 2.75) is 31.4 Å². The number of anilines is 2. The number of benzene rings is 2. The summed E-state index contributed by atoms with van der Waals surface area (Å²) in [5.41, 5.74) is -0.700. The quantitative estimate of drug-likeness (QED) is 0.416. The van der Waals surface area contributed by atoms with Crippen molar-refractivity contribution in [3.8, 4) is 0 Å². The number of likely N-dealkylation sites (tertiary alicyclic amines) is 1. The van der Waals surface area contributed by atoms with E-state index in [1.54, 1.807) is 0 Å². The molecule has 1 saturated heterocycles. The van der Waals surface area contributed by atoms with E-state index in [2.05, 4.69) is 10.6 Å². The van der Waals surface area contributed by atoms with Crippen LogP contribution < -0.4 is 10.6 Å². The molecule has 0 spiro atoms. The Balaban J connectivity index is 1.59. The fourth-order valence-electron chi connectivity index (χ4n) is 3.48. The third-order valence-electron chi connectivity index (χ3n) is 5.37. The number of hydrogen-bond acceptors (Lipinski definition) is 3. The summed E-state index contributed by atoms with van der Waals surface area (Å²) in [5.74, 6) is -3.77. The zero-order chi connectivity index (χ0) is 25.1. The molecule has 12 heteroatoms. The summed E-state index contributed by atoms with van der Waals surface area (Å²) in [5, 5.41) is 4.83. The topological polar surface area (TPSA) is 44.4 Å². The third-order valence-corrected chi connectivity index (χ3v) is 5.97. The Morgan fingerprint density at radius 1 is 1.06 bits per heavy atom. The van der Waals surface area contributed by atoms with Gasteiger partial charge in [0.1, 0.15) is 5.82 Å². The molecule has 1 heterocycles. The van der Waals surface area contributed by atoms with Crippen LogP contribution in [0.2, 0.25) is 10.0 Å². The Morgan fingerprint density at radius 3 is 2.26 bits per heavy atom. The lowest BCUT2D eigenvalue weighted by atomic mass is 10.1. The van der Waals surface area contributed by atoms with Gasteiger partial charge in [-0.05, 0) is 35.9 Å². The number of carbonyl (C=O) groups excluding carboxylic acids is 1. The minimum atomic E-state index is -4.62. The molecule has 0 radical (unpaired) electrons. The first kappa shape index (κ1) is 26.4. The lowest BCUT2D eigenvalue weighted by Crippen LogP contribution is -2.43. The number of amides is 1. The maximum absolute atomic E-state index is 14.2. The summed E-state index contributed by atoms with van der Waals surface area (Å²) < 4.78 is 79.3. The SMILES string of the molecule is O=C(Cc1cc(Nc2c(Cl)cc(C(F)(F)F)cc2Cl)ccc1F)NCCN1CCC(F)(F)CC1. The van der Waals surface area contributed by atoms with Gasteiger partial charge in [-0.3, -0.25) is 4.79 Å². The molecule has 0 bridgehead atoms. The fraction of sp³-hybridized carbons (Fsp3) is 0.409. The summed E-state index contributed by atoms with van der Waals surface area (Å²) >= 11 is 11.9. The average molecular weight is 528 g/mol. The van der Waals surface area contributed by atoms with Crippen LogP contribution in [0.1, 0.15) is 24.0 Å². The van der Waals surface area contributed by atoms with Crippen LogP contribution in [-0.4, -0.2) is 42.9 Å². The van der Waals surface area contributed by atoms with Crippen molar-refractivity contribution < 1.29 is 31.1 Å². The maximum atomic E-state index is 14.2. The molecular formula is C22H21Cl2F6N3O. The lowest BCUT2D eigenvalue weighted by molar-refractivity contribution is -0.137. The smallest absolute Gasteiger partial charge is 0.355 e. The van der Waals surface area contributed by atoms with E-state index in [4.69, 9.17) is 23.2 Å². The summed E-state index contributed by atoms with van der Waals surface area (Å²) in [6.45, 7) is 1.10. The molecule has 4 nitrogen and oxygen atoms in total. The van der Waals surface area contributed by atoms with E-state index >= 15 is 0 Å². The molecule has 0 aliphatic carbocycles. The molecule has 2 aromatic rings. The first-order valence-electron chi connectivity index (χ1n) is 10.3. The van der Waals surface area contributed by atoms with Crippen LogP contribution in [0, 0.1) is 5.82 Å². The molecule has 34 heavy (non-hydrogen) atoms. The molecule has 0 unspecified atom stereocenters. The first-order valence-corrected chi connectivity index (χ1v) is 11.1.